The molecule has 1 heterocycles. The third-order valence-electron chi connectivity index (χ3n) is 3.46. The molecular weight excluding hydrogens is 260 g/mol. The molecule has 0 saturated heterocycles. The van der Waals surface area contributed by atoms with E-state index in [-0.39, 0.29) is 31.6 Å². The maximum absolute atomic E-state index is 12.1. The highest BCUT2D eigenvalue weighted by atomic mass is 16.4. The molecule has 108 valence electrons. The summed E-state index contributed by atoms with van der Waals surface area (Å²) in [6.07, 6.45) is 0.624. The third kappa shape index (κ3) is 3.08. The molecule has 0 saturated carbocycles. The van der Waals surface area contributed by atoms with Crippen molar-refractivity contribution in [2.75, 3.05) is 19.7 Å². The number of aliphatic hydroxyl groups excluding tert-OH is 1. The summed E-state index contributed by atoms with van der Waals surface area (Å²) in [6, 6.07) is 7.03. The Morgan fingerprint density at radius 2 is 2.10 bits per heavy atom. The molecule has 6 heteroatoms. The first-order valence-corrected chi connectivity index (χ1v) is 6.58. The average molecular weight is 278 g/mol. The Hall–Kier alpha value is -2.08. The highest BCUT2D eigenvalue weighted by molar-refractivity contribution is 5.76. The van der Waals surface area contributed by atoms with Gasteiger partial charge in [-0.15, -0.1) is 0 Å². The van der Waals surface area contributed by atoms with Gasteiger partial charge in [0.25, 0.3) is 0 Å². The number of nitrogens with one attached hydrogen (secondary N) is 1. The standard InChI is InChI=1S/C14H18N2O4/c17-9-12-11-4-2-1-3-10(11)6-8-16(12)14(20)15-7-5-13(18)19/h1-4,12,17H,5-9H2,(H,15,20)(H,18,19). The number of benzene rings is 1. The molecule has 2 rings (SSSR count). The number of amides is 2. The highest BCUT2D eigenvalue weighted by Crippen LogP contribution is 2.29. The van der Waals surface area contributed by atoms with Gasteiger partial charge in [-0.05, 0) is 17.5 Å². The molecule has 1 unspecified atom stereocenters. The molecule has 1 aromatic rings. The summed E-state index contributed by atoms with van der Waals surface area (Å²) in [5.41, 5.74) is 2.09. The number of aliphatic hydroxyl groups is 1. The van der Waals surface area contributed by atoms with Crippen molar-refractivity contribution >= 4 is 12.0 Å². The quantitative estimate of drug-likeness (QED) is 0.758. The van der Waals surface area contributed by atoms with Crippen molar-refractivity contribution < 1.29 is 19.8 Å². The van der Waals surface area contributed by atoms with Gasteiger partial charge in [0.2, 0.25) is 0 Å². The highest BCUT2D eigenvalue weighted by Gasteiger charge is 2.29. The fourth-order valence-corrected chi connectivity index (χ4v) is 2.47. The van der Waals surface area contributed by atoms with Crippen LogP contribution >= 0.6 is 0 Å². The first-order valence-electron chi connectivity index (χ1n) is 6.58. The Morgan fingerprint density at radius 3 is 2.80 bits per heavy atom. The fraction of sp³-hybridized carbons (Fsp3) is 0.429. The van der Waals surface area contributed by atoms with E-state index in [4.69, 9.17) is 5.11 Å². The fourth-order valence-electron chi connectivity index (χ4n) is 2.47. The van der Waals surface area contributed by atoms with E-state index >= 15 is 0 Å². The largest absolute Gasteiger partial charge is 0.481 e. The number of carboxylic acid groups (broad SMARTS) is 1. The molecule has 0 aliphatic carbocycles. The summed E-state index contributed by atoms with van der Waals surface area (Å²) in [5, 5.41) is 20.7. The number of carbonyl (C=O) groups is 2. The maximum Gasteiger partial charge on any atom is 0.318 e. The van der Waals surface area contributed by atoms with Crippen molar-refractivity contribution in [1.29, 1.82) is 0 Å². The summed E-state index contributed by atoms with van der Waals surface area (Å²) in [4.78, 5) is 24.1. The Balaban J connectivity index is 2.05. The molecule has 1 aliphatic rings. The van der Waals surface area contributed by atoms with E-state index in [0.717, 1.165) is 17.5 Å². The molecule has 0 bridgehead atoms. The van der Waals surface area contributed by atoms with E-state index in [0.29, 0.717) is 6.54 Å². The number of hydrogen-bond acceptors (Lipinski definition) is 3. The molecule has 1 aliphatic heterocycles. The van der Waals surface area contributed by atoms with Crippen molar-refractivity contribution in [2.45, 2.75) is 18.9 Å². The minimum atomic E-state index is -0.951. The SMILES string of the molecule is O=C(O)CCNC(=O)N1CCc2ccccc2C1CO. The summed E-state index contributed by atoms with van der Waals surface area (Å²) in [6.45, 7) is 0.453. The van der Waals surface area contributed by atoms with Gasteiger partial charge in [-0.2, -0.15) is 0 Å². The van der Waals surface area contributed by atoms with E-state index in [1.165, 1.54) is 0 Å². The number of fused-ring (bicyclic) bond motifs is 1. The molecule has 20 heavy (non-hydrogen) atoms. The topological polar surface area (TPSA) is 89.9 Å². The van der Waals surface area contributed by atoms with E-state index in [2.05, 4.69) is 5.32 Å². The number of urea groups is 1. The number of aliphatic carboxylic acids is 1. The van der Waals surface area contributed by atoms with Gasteiger partial charge in [0.15, 0.2) is 0 Å². The average Bonchev–Trinajstić information content (AvgIpc) is 2.45. The lowest BCUT2D eigenvalue weighted by molar-refractivity contribution is -0.136. The summed E-state index contributed by atoms with van der Waals surface area (Å²) in [5.74, 6) is -0.951. The van der Waals surface area contributed by atoms with Crippen LogP contribution in [0.3, 0.4) is 0 Å². The predicted octanol–water partition coefficient (Wildman–Crippen LogP) is 0.762. The molecule has 2 amide bonds. The molecule has 3 N–H and O–H groups in total. The van der Waals surface area contributed by atoms with Gasteiger partial charge in [-0.1, -0.05) is 24.3 Å². The second-order valence-corrected chi connectivity index (χ2v) is 4.72. The summed E-state index contributed by atoms with van der Waals surface area (Å²) < 4.78 is 0. The molecule has 0 radical (unpaired) electrons. The molecule has 6 nitrogen and oxygen atoms in total. The van der Waals surface area contributed by atoms with Gasteiger partial charge < -0.3 is 20.4 Å². The predicted molar refractivity (Wildman–Crippen MR) is 72.3 cm³/mol. The van der Waals surface area contributed by atoms with Crippen molar-refractivity contribution in [3.63, 3.8) is 0 Å². The number of carbonyl (C=O) groups excluding carboxylic acids is 1. The Labute approximate surface area is 117 Å². The zero-order valence-corrected chi connectivity index (χ0v) is 11.1. The lowest BCUT2D eigenvalue weighted by Gasteiger charge is -2.36. The van der Waals surface area contributed by atoms with Crippen LogP contribution in [0.4, 0.5) is 4.79 Å². The van der Waals surface area contributed by atoms with Crippen molar-refractivity contribution in [1.82, 2.24) is 10.2 Å². The van der Waals surface area contributed by atoms with Crippen molar-refractivity contribution in [2.24, 2.45) is 0 Å². The number of carboxylic acids is 1. The normalized spacial score (nSPS) is 17.4. The lowest BCUT2D eigenvalue weighted by Crippen LogP contribution is -2.47. The third-order valence-corrected chi connectivity index (χ3v) is 3.46. The van der Waals surface area contributed by atoms with Gasteiger partial charge >= 0.3 is 12.0 Å². The Kier molecular flexibility index (Phi) is 4.57. The minimum Gasteiger partial charge on any atom is -0.481 e. The van der Waals surface area contributed by atoms with Gasteiger partial charge in [0.1, 0.15) is 0 Å². The molecule has 1 aromatic carbocycles. The summed E-state index contributed by atoms with van der Waals surface area (Å²) in [7, 11) is 0. The molecule has 1 atom stereocenters. The number of rotatable bonds is 4. The second-order valence-electron chi connectivity index (χ2n) is 4.72. The first-order chi connectivity index (χ1) is 9.63. The van der Waals surface area contributed by atoms with Crippen LogP contribution < -0.4 is 5.32 Å². The van der Waals surface area contributed by atoms with Gasteiger partial charge in [0.05, 0.1) is 19.1 Å². The minimum absolute atomic E-state index is 0.0878. The van der Waals surface area contributed by atoms with Gasteiger partial charge in [0, 0.05) is 13.1 Å². The zero-order chi connectivity index (χ0) is 14.5. The smallest absolute Gasteiger partial charge is 0.318 e. The molecule has 0 aromatic heterocycles. The van der Waals surface area contributed by atoms with E-state index in [1.54, 1.807) is 4.90 Å². The van der Waals surface area contributed by atoms with Crippen LogP contribution in [0, 0.1) is 0 Å². The number of hydrogen-bond donors (Lipinski definition) is 3. The van der Waals surface area contributed by atoms with Crippen LogP contribution in [0.25, 0.3) is 0 Å². The van der Waals surface area contributed by atoms with Crippen LogP contribution in [0.2, 0.25) is 0 Å². The van der Waals surface area contributed by atoms with Gasteiger partial charge in [-0.3, -0.25) is 4.79 Å². The van der Waals surface area contributed by atoms with E-state index < -0.39 is 5.97 Å². The second kappa shape index (κ2) is 6.38. The van der Waals surface area contributed by atoms with E-state index in [9.17, 15) is 14.7 Å². The Morgan fingerprint density at radius 1 is 1.35 bits per heavy atom. The maximum atomic E-state index is 12.1. The van der Waals surface area contributed by atoms with Crippen molar-refractivity contribution in [3.05, 3.63) is 35.4 Å². The van der Waals surface area contributed by atoms with Crippen LogP contribution in [-0.2, 0) is 11.2 Å². The van der Waals surface area contributed by atoms with Gasteiger partial charge in [-0.25, -0.2) is 4.79 Å². The summed E-state index contributed by atoms with van der Waals surface area (Å²) >= 11 is 0. The van der Waals surface area contributed by atoms with Crippen LogP contribution in [0.5, 0.6) is 0 Å². The van der Waals surface area contributed by atoms with Crippen LogP contribution in [-0.4, -0.2) is 46.8 Å². The first kappa shape index (κ1) is 14.3. The zero-order valence-electron chi connectivity index (χ0n) is 11.1. The lowest BCUT2D eigenvalue weighted by atomic mass is 9.93. The van der Waals surface area contributed by atoms with Crippen LogP contribution in [0.15, 0.2) is 24.3 Å². The molecule has 0 fully saturated rings. The number of nitrogens with zero attached hydrogens (tertiary/aromatic N) is 1. The Bertz CT molecular complexity index is 504. The monoisotopic (exact) mass is 278 g/mol. The van der Waals surface area contributed by atoms with Crippen LogP contribution in [0.1, 0.15) is 23.6 Å². The van der Waals surface area contributed by atoms with E-state index in [1.807, 2.05) is 24.3 Å². The van der Waals surface area contributed by atoms with Crippen molar-refractivity contribution in [3.8, 4) is 0 Å². The molecule has 0 spiro atoms. The molecular formula is C14H18N2O4.